The van der Waals surface area contributed by atoms with Crippen LogP contribution in [-0.4, -0.2) is 54.1 Å². The van der Waals surface area contributed by atoms with Gasteiger partial charge in [0.1, 0.15) is 5.82 Å². The second-order valence-corrected chi connectivity index (χ2v) is 7.23. The van der Waals surface area contributed by atoms with Gasteiger partial charge in [0.2, 0.25) is 0 Å². The Morgan fingerprint density at radius 1 is 1.14 bits per heavy atom. The first-order chi connectivity index (χ1) is 13.5. The highest BCUT2D eigenvalue weighted by atomic mass is 19.1. The molecule has 0 aliphatic carbocycles. The van der Waals surface area contributed by atoms with E-state index < -0.39 is 0 Å². The fourth-order valence-corrected chi connectivity index (χ4v) is 4.09. The average molecular weight is 391 g/mol. The first-order valence-corrected chi connectivity index (χ1v) is 9.76. The van der Waals surface area contributed by atoms with Crippen LogP contribution >= 0.6 is 0 Å². The van der Waals surface area contributed by atoms with Gasteiger partial charge in [0.25, 0.3) is 5.91 Å². The molecule has 1 aromatic rings. The summed E-state index contributed by atoms with van der Waals surface area (Å²) in [5.74, 6) is -0.929. The zero-order valence-electron chi connectivity index (χ0n) is 15.9. The van der Waals surface area contributed by atoms with Crippen molar-refractivity contribution in [3.05, 3.63) is 35.6 Å². The van der Waals surface area contributed by atoms with Crippen LogP contribution in [0, 0.1) is 5.82 Å². The third kappa shape index (κ3) is 4.79. The molecule has 0 spiro atoms. The number of fused-ring (bicyclic) bond motifs is 2. The van der Waals surface area contributed by atoms with Crippen molar-refractivity contribution in [2.75, 3.05) is 13.2 Å². The van der Waals surface area contributed by atoms with Gasteiger partial charge in [-0.15, -0.1) is 0 Å². The van der Waals surface area contributed by atoms with Gasteiger partial charge in [-0.05, 0) is 56.9 Å². The number of piperidine rings is 1. The molecule has 0 saturated carbocycles. The minimum Gasteiger partial charge on any atom is -0.466 e. The quantitative estimate of drug-likeness (QED) is 0.728. The van der Waals surface area contributed by atoms with Crippen molar-refractivity contribution < 1.29 is 23.5 Å². The number of ether oxygens (including phenoxy) is 1. The first-order valence-electron chi connectivity index (χ1n) is 9.76. The third-order valence-corrected chi connectivity index (χ3v) is 5.32. The van der Waals surface area contributed by atoms with E-state index >= 15 is 0 Å². The second-order valence-electron chi connectivity index (χ2n) is 7.23. The smallest absolute Gasteiger partial charge is 0.317 e. The van der Waals surface area contributed by atoms with Crippen LogP contribution in [0.4, 0.5) is 9.18 Å². The van der Waals surface area contributed by atoms with Crippen molar-refractivity contribution in [1.29, 1.82) is 0 Å². The third-order valence-electron chi connectivity index (χ3n) is 5.32. The van der Waals surface area contributed by atoms with E-state index in [1.54, 1.807) is 6.92 Å². The summed E-state index contributed by atoms with van der Waals surface area (Å²) in [7, 11) is 0. The summed E-state index contributed by atoms with van der Waals surface area (Å²) >= 11 is 0. The molecule has 7 nitrogen and oxygen atoms in total. The minimum atomic E-state index is -0.378. The van der Waals surface area contributed by atoms with Crippen LogP contribution in [0.5, 0.6) is 0 Å². The Kier molecular flexibility index (Phi) is 6.49. The molecule has 152 valence electrons. The highest BCUT2D eigenvalue weighted by Gasteiger charge is 2.43. The van der Waals surface area contributed by atoms with Crippen LogP contribution in [0.1, 0.15) is 49.4 Å². The van der Waals surface area contributed by atoms with Crippen LogP contribution in [-0.2, 0) is 9.53 Å². The van der Waals surface area contributed by atoms with E-state index in [-0.39, 0.29) is 54.8 Å². The molecule has 3 atom stereocenters. The number of hydrogen-bond acceptors (Lipinski definition) is 4. The molecule has 2 aliphatic heterocycles. The Hall–Kier alpha value is -2.64. The summed E-state index contributed by atoms with van der Waals surface area (Å²) in [6, 6.07) is 5.42. The molecule has 3 rings (SSSR count). The van der Waals surface area contributed by atoms with E-state index in [0.717, 1.165) is 12.8 Å². The predicted molar refractivity (Wildman–Crippen MR) is 100 cm³/mol. The SMILES string of the molecule is CCOC(=O)CCNC(=O)N1[C@@H]2CC[C@H]1CC(NC(=O)c1ccc(F)cc1)C2. The lowest BCUT2D eigenvalue weighted by Gasteiger charge is -2.39. The lowest BCUT2D eigenvalue weighted by atomic mass is 9.97. The molecular weight excluding hydrogens is 365 g/mol. The van der Waals surface area contributed by atoms with Crippen molar-refractivity contribution in [2.24, 2.45) is 0 Å². The summed E-state index contributed by atoms with van der Waals surface area (Å²) in [4.78, 5) is 38.1. The molecule has 2 N–H and O–H groups in total. The Bertz CT molecular complexity index is 711. The lowest BCUT2D eigenvalue weighted by Crippen LogP contribution is -2.55. The summed E-state index contributed by atoms with van der Waals surface area (Å²) in [5.41, 5.74) is 0.424. The molecule has 2 bridgehead atoms. The number of halogens is 1. The van der Waals surface area contributed by atoms with Gasteiger partial charge in [0.05, 0.1) is 13.0 Å². The second kappa shape index (κ2) is 9.03. The zero-order chi connectivity index (χ0) is 20.1. The number of carbonyl (C=O) groups is 3. The largest absolute Gasteiger partial charge is 0.466 e. The summed E-state index contributed by atoms with van der Waals surface area (Å²) in [5, 5.41) is 5.80. The van der Waals surface area contributed by atoms with E-state index in [9.17, 15) is 18.8 Å². The van der Waals surface area contributed by atoms with Crippen LogP contribution in [0.15, 0.2) is 24.3 Å². The zero-order valence-corrected chi connectivity index (χ0v) is 15.9. The molecule has 3 amide bonds. The molecule has 2 heterocycles. The summed E-state index contributed by atoms with van der Waals surface area (Å²) in [6.45, 7) is 2.32. The van der Waals surface area contributed by atoms with E-state index in [1.807, 2.05) is 4.90 Å². The van der Waals surface area contributed by atoms with Gasteiger partial charge in [-0.2, -0.15) is 0 Å². The number of benzene rings is 1. The highest BCUT2D eigenvalue weighted by Crippen LogP contribution is 2.35. The van der Waals surface area contributed by atoms with Gasteiger partial charge in [0, 0.05) is 30.2 Å². The van der Waals surface area contributed by atoms with Gasteiger partial charge >= 0.3 is 12.0 Å². The van der Waals surface area contributed by atoms with Crippen LogP contribution in [0.25, 0.3) is 0 Å². The maximum atomic E-state index is 13.0. The fourth-order valence-electron chi connectivity index (χ4n) is 4.09. The molecule has 1 unspecified atom stereocenters. The molecule has 0 radical (unpaired) electrons. The van der Waals surface area contributed by atoms with Gasteiger partial charge in [-0.1, -0.05) is 0 Å². The van der Waals surface area contributed by atoms with Gasteiger partial charge in [0.15, 0.2) is 0 Å². The molecule has 1 aromatic carbocycles. The predicted octanol–water partition coefficient (Wildman–Crippen LogP) is 2.21. The maximum Gasteiger partial charge on any atom is 0.317 e. The standard InChI is InChI=1S/C20H26FN3O4/c1-2-28-18(25)9-10-22-20(27)24-16-7-8-17(24)12-15(11-16)23-19(26)13-3-5-14(21)6-4-13/h3-6,15-17H,2,7-12H2,1H3,(H,22,27)(H,23,26)/t15?,16-,17+. The maximum absolute atomic E-state index is 13.0. The number of urea groups is 1. The Morgan fingerprint density at radius 2 is 1.79 bits per heavy atom. The lowest BCUT2D eigenvalue weighted by molar-refractivity contribution is -0.142. The van der Waals surface area contributed by atoms with Gasteiger partial charge < -0.3 is 20.3 Å². The summed E-state index contributed by atoms with van der Waals surface area (Å²) < 4.78 is 17.9. The molecule has 2 saturated heterocycles. The number of carbonyl (C=O) groups excluding carboxylic acids is 3. The van der Waals surface area contributed by atoms with Crippen LogP contribution in [0.3, 0.4) is 0 Å². The number of hydrogen-bond donors (Lipinski definition) is 2. The Morgan fingerprint density at radius 3 is 2.39 bits per heavy atom. The highest BCUT2D eigenvalue weighted by molar-refractivity contribution is 5.94. The van der Waals surface area contributed by atoms with E-state index in [2.05, 4.69) is 10.6 Å². The number of rotatable bonds is 6. The van der Waals surface area contributed by atoms with Gasteiger partial charge in [-0.25, -0.2) is 9.18 Å². The van der Waals surface area contributed by atoms with Crippen molar-refractivity contribution >= 4 is 17.9 Å². The molecule has 0 aromatic heterocycles. The van der Waals surface area contributed by atoms with Crippen molar-refractivity contribution in [1.82, 2.24) is 15.5 Å². The van der Waals surface area contributed by atoms with Crippen molar-refractivity contribution in [3.8, 4) is 0 Å². The Labute approximate surface area is 163 Å². The monoisotopic (exact) mass is 391 g/mol. The number of amides is 3. The molecule has 2 fully saturated rings. The number of nitrogens with one attached hydrogen (secondary N) is 2. The molecular formula is C20H26FN3O4. The van der Waals surface area contributed by atoms with Crippen LogP contribution < -0.4 is 10.6 Å². The summed E-state index contributed by atoms with van der Waals surface area (Å²) in [6.07, 6.45) is 3.33. The average Bonchev–Trinajstić information content (AvgIpc) is 2.93. The topological polar surface area (TPSA) is 87.7 Å². The van der Waals surface area contributed by atoms with Gasteiger partial charge in [-0.3, -0.25) is 9.59 Å². The van der Waals surface area contributed by atoms with E-state index in [0.29, 0.717) is 25.0 Å². The first kappa shape index (κ1) is 20.1. The van der Waals surface area contributed by atoms with Crippen LogP contribution in [0.2, 0.25) is 0 Å². The van der Waals surface area contributed by atoms with E-state index in [4.69, 9.17) is 4.74 Å². The number of nitrogens with zero attached hydrogens (tertiary/aromatic N) is 1. The molecule has 8 heteroatoms. The Balaban J connectivity index is 1.49. The minimum absolute atomic E-state index is 0.0152. The van der Waals surface area contributed by atoms with Crippen molar-refractivity contribution in [3.63, 3.8) is 0 Å². The fraction of sp³-hybridized carbons (Fsp3) is 0.550. The molecule has 28 heavy (non-hydrogen) atoms. The molecule has 2 aliphatic rings. The van der Waals surface area contributed by atoms with E-state index in [1.165, 1.54) is 24.3 Å². The van der Waals surface area contributed by atoms with Crippen molar-refractivity contribution in [2.45, 2.75) is 57.2 Å². The normalized spacial score (nSPS) is 23.2. The number of esters is 1.